The first-order chi connectivity index (χ1) is 13.1. The third kappa shape index (κ3) is 3.46. The van der Waals surface area contributed by atoms with Gasteiger partial charge in [-0.25, -0.2) is 4.98 Å². The van der Waals surface area contributed by atoms with Crippen LogP contribution in [0.1, 0.15) is 28.6 Å². The highest BCUT2D eigenvalue weighted by atomic mass is 32.1. The van der Waals surface area contributed by atoms with Crippen LogP contribution in [0, 0.1) is 11.3 Å². The molecule has 0 unspecified atom stereocenters. The Bertz CT molecular complexity index is 1150. The number of rotatable bonds is 5. The van der Waals surface area contributed by atoms with E-state index in [4.69, 9.17) is 4.42 Å². The molecule has 6 heteroatoms. The number of hydrogen-bond acceptors (Lipinski definition) is 6. The van der Waals surface area contributed by atoms with Gasteiger partial charge in [-0.2, -0.15) is 5.26 Å². The Labute approximate surface area is 159 Å². The number of anilines is 1. The number of aromatic nitrogens is 1. The number of furan rings is 1. The van der Waals surface area contributed by atoms with Crippen molar-refractivity contribution >= 4 is 33.0 Å². The highest BCUT2D eigenvalue weighted by Crippen LogP contribution is 2.31. The third-order valence-corrected chi connectivity index (χ3v) is 5.22. The van der Waals surface area contributed by atoms with Crippen molar-refractivity contribution in [2.24, 2.45) is 0 Å². The lowest BCUT2D eigenvalue weighted by molar-refractivity contribution is 0.101. The molecule has 27 heavy (non-hydrogen) atoms. The van der Waals surface area contributed by atoms with Gasteiger partial charge in [0.05, 0.1) is 28.0 Å². The highest BCUT2D eigenvalue weighted by Gasteiger charge is 2.11. The lowest BCUT2D eigenvalue weighted by atomic mass is 10.1. The van der Waals surface area contributed by atoms with Gasteiger partial charge in [-0.05, 0) is 49.4 Å². The molecule has 4 aromatic rings. The van der Waals surface area contributed by atoms with Gasteiger partial charge in [0, 0.05) is 5.56 Å². The molecule has 2 aromatic heterocycles. The number of para-hydroxylation sites is 1. The average molecular weight is 373 g/mol. The molecule has 0 saturated heterocycles. The zero-order valence-electron chi connectivity index (χ0n) is 14.5. The van der Waals surface area contributed by atoms with Crippen LogP contribution < -0.4 is 5.32 Å². The Balaban J connectivity index is 1.54. The van der Waals surface area contributed by atoms with Gasteiger partial charge in [-0.15, -0.1) is 11.3 Å². The molecule has 132 valence electrons. The largest absolute Gasteiger partial charge is 0.457 e. The second-order valence-electron chi connectivity index (χ2n) is 6.03. The summed E-state index contributed by atoms with van der Waals surface area (Å²) in [5.41, 5.74) is 2.61. The Morgan fingerprint density at radius 2 is 2.07 bits per heavy atom. The van der Waals surface area contributed by atoms with E-state index in [1.165, 1.54) is 6.92 Å². The summed E-state index contributed by atoms with van der Waals surface area (Å²) in [4.78, 5) is 16.2. The molecule has 0 fully saturated rings. The summed E-state index contributed by atoms with van der Waals surface area (Å²) in [6.07, 6.45) is 0. The maximum Gasteiger partial charge on any atom is 0.163 e. The molecule has 0 aliphatic carbocycles. The lowest BCUT2D eigenvalue weighted by Crippen LogP contribution is -2.02. The van der Waals surface area contributed by atoms with Gasteiger partial charge in [0.15, 0.2) is 16.6 Å². The number of ketones is 1. The number of hydrogen-bond donors (Lipinski definition) is 1. The summed E-state index contributed by atoms with van der Waals surface area (Å²) in [5.74, 6) is 1.39. The fourth-order valence-corrected chi connectivity index (χ4v) is 3.68. The minimum absolute atomic E-state index is 0.0429. The van der Waals surface area contributed by atoms with E-state index in [0.29, 0.717) is 29.1 Å². The zero-order valence-corrected chi connectivity index (χ0v) is 15.3. The minimum Gasteiger partial charge on any atom is -0.457 e. The van der Waals surface area contributed by atoms with E-state index < -0.39 is 0 Å². The van der Waals surface area contributed by atoms with Crippen molar-refractivity contribution in [3.8, 4) is 16.8 Å². The number of nitrogens with one attached hydrogen (secondary N) is 1. The highest BCUT2D eigenvalue weighted by molar-refractivity contribution is 7.21. The molecule has 1 N–H and O–H groups in total. The Morgan fingerprint density at radius 3 is 2.85 bits per heavy atom. The topological polar surface area (TPSA) is 78.9 Å². The van der Waals surface area contributed by atoms with Crippen molar-refractivity contribution in [3.05, 3.63) is 71.5 Å². The maximum atomic E-state index is 11.6. The second-order valence-corrected chi connectivity index (χ2v) is 7.07. The van der Waals surface area contributed by atoms with Crippen LogP contribution in [0.5, 0.6) is 0 Å². The van der Waals surface area contributed by atoms with E-state index in [0.717, 1.165) is 21.0 Å². The summed E-state index contributed by atoms with van der Waals surface area (Å²) >= 11 is 1.58. The molecule has 0 saturated carbocycles. The standard InChI is InChI=1S/C21H15N3O2S/c1-13(25)14-6-7-15(11-22)18(10-14)23-12-16-8-9-19(26-16)21-24-17-4-2-3-5-20(17)27-21/h2-10,23H,12H2,1H3. The molecule has 0 amide bonds. The van der Waals surface area contributed by atoms with Crippen LogP contribution >= 0.6 is 11.3 Å². The Kier molecular flexibility index (Phi) is 4.45. The van der Waals surface area contributed by atoms with E-state index in [-0.39, 0.29) is 5.78 Å². The lowest BCUT2D eigenvalue weighted by Gasteiger charge is -2.08. The van der Waals surface area contributed by atoms with Crippen molar-refractivity contribution in [1.29, 1.82) is 5.26 Å². The van der Waals surface area contributed by atoms with Crippen LogP contribution in [0.15, 0.2) is 59.0 Å². The monoisotopic (exact) mass is 373 g/mol. The molecule has 5 nitrogen and oxygen atoms in total. The quantitative estimate of drug-likeness (QED) is 0.484. The first kappa shape index (κ1) is 17.0. The number of carbonyl (C=O) groups excluding carboxylic acids is 1. The van der Waals surface area contributed by atoms with Crippen molar-refractivity contribution in [3.63, 3.8) is 0 Å². The van der Waals surface area contributed by atoms with Gasteiger partial charge in [-0.1, -0.05) is 12.1 Å². The number of fused-ring (bicyclic) bond motifs is 1. The summed E-state index contributed by atoms with van der Waals surface area (Å²) in [6.45, 7) is 1.91. The molecular weight excluding hydrogens is 358 g/mol. The van der Waals surface area contributed by atoms with E-state index in [9.17, 15) is 10.1 Å². The summed E-state index contributed by atoms with van der Waals surface area (Å²) in [7, 11) is 0. The molecule has 0 aliphatic rings. The number of nitrogens with zero attached hydrogens (tertiary/aromatic N) is 2. The van der Waals surface area contributed by atoms with Crippen LogP contribution in [0.2, 0.25) is 0 Å². The van der Waals surface area contributed by atoms with Crippen LogP contribution in [-0.2, 0) is 6.54 Å². The van der Waals surface area contributed by atoms with Crippen molar-refractivity contribution in [1.82, 2.24) is 4.98 Å². The van der Waals surface area contributed by atoms with Crippen LogP contribution in [0.4, 0.5) is 5.69 Å². The smallest absolute Gasteiger partial charge is 0.163 e. The van der Waals surface area contributed by atoms with Crippen molar-refractivity contribution in [2.75, 3.05) is 5.32 Å². The van der Waals surface area contributed by atoms with E-state index in [1.807, 2.05) is 36.4 Å². The van der Waals surface area contributed by atoms with Gasteiger partial charge < -0.3 is 9.73 Å². The molecule has 0 atom stereocenters. The van der Waals surface area contributed by atoms with E-state index in [2.05, 4.69) is 16.4 Å². The number of thiazole rings is 1. The molecule has 0 bridgehead atoms. The molecular formula is C21H15N3O2S. The predicted molar refractivity (Wildman–Crippen MR) is 106 cm³/mol. The summed E-state index contributed by atoms with van der Waals surface area (Å²) < 4.78 is 7.02. The number of carbonyl (C=O) groups is 1. The molecule has 4 rings (SSSR count). The number of Topliss-reactive ketones (excluding diaryl/α,β-unsaturated/α-hetero) is 1. The van der Waals surface area contributed by atoms with Crippen LogP contribution in [-0.4, -0.2) is 10.8 Å². The molecule has 2 heterocycles. The third-order valence-electron chi connectivity index (χ3n) is 4.17. The predicted octanol–water partition coefficient (Wildman–Crippen LogP) is 5.24. The average Bonchev–Trinajstić information content (AvgIpc) is 3.32. The first-order valence-electron chi connectivity index (χ1n) is 8.37. The molecule has 0 aliphatic heterocycles. The Hall–Kier alpha value is -3.43. The Morgan fingerprint density at radius 1 is 1.22 bits per heavy atom. The van der Waals surface area contributed by atoms with Gasteiger partial charge in [0.1, 0.15) is 11.8 Å². The van der Waals surface area contributed by atoms with E-state index in [1.54, 1.807) is 29.5 Å². The van der Waals surface area contributed by atoms with Crippen molar-refractivity contribution < 1.29 is 9.21 Å². The van der Waals surface area contributed by atoms with E-state index >= 15 is 0 Å². The SMILES string of the molecule is CC(=O)c1ccc(C#N)c(NCc2ccc(-c3nc4ccccc4s3)o2)c1. The van der Waals surface area contributed by atoms with Gasteiger partial charge in [0.25, 0.3) is 0 Å². The maximum absolute atomic E-state index is 11.6. The van der Waals surface area contributed by atoms with Crippen LogP contribution in [0.25, 0.3) is 21.0 Å². The molecule has 0 radical (unpaired) electrons. The minimum atomic E-state index is -0.0429. The van der Waals surface area contributed by atoms with Gasteiger partial charge in [-0.3, -0.25) is 4.79 Å². The fraction of sp³-hybridized carbons (Fsp3) is 0.0952. The number of nitriles is 1. The summed E-state index contributed by atoms with van der Waals surface area (Å²) in [6, 6.07) is 18.9. The second kappa shape index (κ2) is 7.06. The fourth-order valence-electron chi connectivity index (χ4n) is 2.75. The zero-order chi connectivity index (χ0) is 18.8. The van der Waals surface area contributed by atoms with Crippen molar-refractivity contribution in [2.45, 2.75) is 13.5 Å². The first-order valence-corrected chi connectivity index (χ1v) is 9.19. The van der Waals surface area contributed by atoms with Gasteiger partial charge in [0.2, 0.25) is 0 Å². The molecule has 0 spiro atoms. The molecule has 2 aromatic carbocycles. The number of benzene rings is 2. The normalized spacial score (nSPS) is 10.7. The van der Waals surface area contributed by atoms with Gasteiger partial charge >= 0.3 is 0 Å². The van der Waals surface area contributed by atoms with Crippen LogP contribution in [0.3, 0.4) is 0 Å². The summed E-state index contributed by atoms with van der Waals surface area (Å²) in [5, 5.41) is 13.3.